The topological polar surface area (TPSA) is 110 Å². The zero-order chi connectivity index (χ0) is 17.1. The van der Waals surface area contributed by atoms with E-state index < -0.39 is 10.5 Å². The van der Waals surface area contributed by atoms with Crippen molar-refractivity contribution >= 4 is 11.6 Å². The molecule has 8 heteroatoms. The van der Waals surface area contributed by atoms with Gasteiger partial charge < -0.3 is 10.4 Å². The molecular weight excluding hydrogens is 288 g/mol. The first-order valence-electron chi connectivity index (χ1n) is 7.27. The highest BCUT2D eigenvalue weighted by Crippen LogP contribution is 2.22. The molecule has 0 saturated heterocycles. The van der Waals surface area contributed by atoms with E-state index >= 15 is 0 Å². The summed E-state index contributed by atoms with van der Waals surface area (Å²) in [5.74, 6) is -0.299. The van der Waals surface area contributed by atoms with Crippen LogP contribution in [0.4, 0.5) is 5.69 Å². The fraction of sp³-hybridized carbons (Fsp3) is 0.714. The van der Waals surface area contributed by atoms with Crippen molar-refractivity contribution in [1.82, 2.24) is 15.1 Å². The molecule has 0 saturated carbocycles. The van der Waals surface area contributed by atoms with Crippen molar-refractivity contribution in [3.05, 3.63) is 21.5 Å². The lowest BCUT2D eigenvalue weighted by Crippen LogP contribution is -2.45. The summed E-state index contributed by atoms with van der Waals surface area (Å²) in [4.78, 5) is 22.4. The highest BCUT2D eigenvalue weighted by atomic mass is 16.6. The molecule has 1 rings (SSSR count). The number of nitrogens with zero attached hydrogens (tertiary/aromatic N) is 3. The van der Waals surface area contributed by atoms with E-state index in [1.54, 1.807) is 13.8 Å². The van der Waals surface area contributed by atoms with E-state index in [1.165, 1.54) is 11.6 Å². The molecule has 0 aromatic carbocycles. The van der Waals surface area contributed by atoms with Crippen LogP contribution in [0.15, 0.2) is 0 Å². The molecule has 0 fully saturated rings. The van der Waals surface area contributed by atoms with Crippen molar-refractivity contribution in [2.75, 3.05) is 6.54 Å². The Labute approximate surface area is 129 Å². The molecule has 2 unspecified atom stereocenters. The number of nitro groups is 1. The van der Waals surface area contributed by atoms with Crippen LogP contribution in [0.25, 0.3) is 0 Å². The first-order chi connectivity index (χ1) is 10.1. The number of rotatable bonds is 7. The van der Waals surface area contributed by atoms with Gasteiger partial charge in [0.05, 0.1) is 10.5 Å². The second-order valence-electron chi connectivity index (χ2n) is 5.88. The highest BCUT2D eigenvalue weighted by molar-refractivity contribution is 5.75. The Morgan fingerprint density at radius 3 is 2.59 bits per heavy atom. The number of carbonyl (C=O) groups excluding carboxylic acids is 1. The SMILES string of the molecule is CCC(C)C(C)(O)CNC(=O)Cn1nc(C)c([N+](=O)[O-])c1C. The van der Waals surface area contributed by atoms with Gasteiger partial charge >= 0.3 is 5.69 Å². The molecule has 1 aromatic heterocycles. The van der Waals surface area contributed by atoms with Crippen molar-refractivity contribution in [1.29, 1.82) is 0 Å². The van der Waals surface area contributed by atoms with E-state index in [-0.39, 0.29) is 36.3 Å². The van der Waals surface area contributed by atoms with Crippen molar-refractivity contribution in [2.45, 2.75) is 53.2 Å². The summed E-state index contributed by atoms with van der Waals surface area (Å²) >= 11 is 0. The van der Waals surface area contributed by atoms with Crippen LogP contribution in [-0.4, -0.2) is 37.9 Å². The lowest BCUT2D eigenvalue weighted by molar-refractivity contribution is -0.386. The summed E-state index contributed by atoms with van der Waals surface area (Å²) < 4.78 is 1.31. The van der Waals surface area contributed by atoms with Crippen LogP contribution >= 0.6 is 0 Å². The normalized spacial score (nSPS) is 15.2. The molecule has 22 heavy (non-hydrogen) atoms. The van der Waals surface area contributed by atoms with Crippen LogP contribution in [0, 0.1) is 29.9 Å². The first kappa shape index (κ1) is 18.1. The fourth-order valence-electron chi connectivity index (χ4n) is 2.19. The minimum absolute atomic E-state index is 0.0440. The van der Waals surface area contributed by atoms with Gasteiger partial charge in [0.2, 0.25) is 5.91 Å². The lowest BCUT2D eigenvalue weighted by Gasteiger charge is -2.29. The Bertz CT molecular complexity index is 565. The lowest BCUT2D eigenvalue weighted by atomic mass is 9.89. The fourth-order valence-corrected chi connectivity index (χ4v) is 2.19. The second kappa shape index (κ2) is 6.87. The maximum atomic E-state index is 12.0. The average molecular weight is 312 g/mol. The Hall–Kier alpha value is -1.96. The number of hydrogen-bond acceptors (Lipinski definition) is 5. The van der Waals surface area contributed by atoms with Gasteiger partial charge in [-0.3, -0.25) is 19.6 Å². The number of carbonyl (C=O) groups is 1. The van der Waals surface area contributed by atoms with Gasteiger partial charge in [-0.25, -0.2) is 0 Å². The highest BCUT2D eigenvalue weighted by Gasteiger charge is 2.28. The van der Waals surface area contributed by atoms with Gasteiger partial charge in [0.1, 0.15) is 17.9 Å². The van der Waals surface area contributed by atoms with Gasteiger partial charge in [-0.05, 0) is 26.7 Å². The number of aryl methyl sites for hydroxylation is 1. The quantitative estimate of drug-likeness (QED) is 0.583. The van der Waals surface area contributed by atoms with Crippen LogP contribution in [0.2, 0.25) is 0 Å². The second-order valence-corrected chi connectivity index (χ2v) is 5.88. The molecule has 2 atom stereocenters. The van der Waals surface area contributed by atoms with E-state index in [0.717, 1.165) is 6.42 Å². The predicted molar refractivity (Wildman–Crippen MR) is 81.4 cm³/mol. The molecule has 124 valence electrons. The maximum Gasteiger partial charge on any atom is 0.312 e. The Balaban J connectivity index is 2.71. The van der Waals surface area contributed by atoms with Crippen LogP contribution in [-0.2, 0) is 11.3 Å². The molecule has 1 heterocycles. The van der Waals surface area contributed by atoms with Gasteiger partial charge in [0, 0.05) is 6.54 Å². The van der Waals surface area contributed by atoms with E-state index in [4.69, 9.17) is 0 Å². The number of amides is 1. The van der Waals surface area contributed by atoms with Gasteiger partial charge in [-0.15, -0.1) is 0 Å². The zero-order valence-electron chi connectivity index (χ0n) is 13.7. The third-order valence-electron chi connectivity index (χ3n) is 4.14. The predicted octanol–water partition coefficient (Wildman–Crippen LogP) is 1.32. The smallest absolute Gasteiger partial charge is 0.312 e. The van der Waals surface area contributed by atoms with E-state index in [0.29, 0.717) is 5.69 Å². The van der Waals surface area contributed by atoms with E-state index in [9.17, 15) is 20.0 Å². The van der Waals surface area contributed by atoms with E-state index in [1.807, 2.05) is 13.8 Å². The van der Waals surface area contributed by atoms with Gasteiger partial charge in [0.25, 0.3) is 0 Å². The summed E-state index contributed by atoms with van der Waals surface area (Å²) in [6.45, 7) is 8.66. The van der Waals surface area contributed by atoms with Crippen LogP contribution in [0.3, 0.4) is 0 Å². The van der Waals surface area contributed by atoms with Crippen molar-refractivity contribution in [2.24, 2.45) is 5.92 Å². The first-order valence-corrected chi connectivity index (χ1v) is 7.27. The van der Waals surface area contributed by atoms with Crippen LogP contribution in [0.1, 0.15) is 38.6 Å². The van der Waals surface area contributed by atoms with Crippen molar-refractivity contribution in [3.8, 4) is 0 Å². The van der Waals surface area contributed by atoms with Crippen molar-refractivity contribution < 1.29 is 14.8 Å². The Morgan fingerprint density at radius 2 is 2.14 bits per heavy atom. The third kappa shape index (κ3) is 4.03. The summed E-state index contributed by atoms with van der Waals surface area (Å²) in [5, 5.41) is 27.8. The van der Waals surface area contributed by atoms with Crippen LogP contribution < -0.4 is 5.32 Å². The molecule has 0 bridgehead atoms. The van der Waals surface area contributed by atoms with Gasteiger partial charge in [-0.1, -0.05) is 20.3 Å². The molecular formula is C14H24N4O4. The third-order valence-corrected chi connectivity index (χ3v) is 4.14. The number of nitrogens with one attached hydrogen (secondary N) is 1. The molecule has 0 spiro atoms. The molecule has 0 aliphatic rings. The van der Waals surface area contributed by atoms with Crippen molar-refractivity contribution in [3.63, 3.8) is 0 Å². The van der Waals surface area contributed by atoms with Crippen LogP contribution in [0.5, 0.6) is 0 Å². The summed E-state index contributed by atoms with van der Waals surface area (Å²) in [6.07, 6.45) is 0.798. The molecule has 0 radical (unpaired) electrons. The average Bonchev–Trinajstić information content (AvgIpc) is 2.70. The summed E-state index contributed by atoms with van der Waals surface area (Å²) in [7, 11) is 0. The molecule has 2 N–H and O–H groups in total. The molecule has 8 nitrogen and oxygen atoms in total. The van der Waals surface area contributed by atoms with Gasteiger partial charge in [-0.2, -0.15) is 5.10 Å². The molecule has 0 aliphatic carbocycles. The minimum Gasteiger partial charge on any atom is -0.388 e. The minimum atomic E-state index is -0.995. The number of aromatic nitrogens is 2. The number of hydrogen-bond donors (Lipinski definition) is 2. The summed E-state index contributed by atoms with van der Waals surface area (Å²) in [6, 6.07) is 0. The molecule has 1 amide bonds. The monoisotopic (exact) mass is 312 g/mol. The molecule has 0 aliphatic heterocycles. The largest absolute Gasteiger partial charge is 0.388 e. The Kier molecular flexibility index (Phi) is 5.65. The zero-order valence-corrected chi connectivity index (χ0v) is 13.7. The van der Waals surface area contributed by atoms with E-state index in [2.05, 4.69) is 10.4 Å². The van der Waals surface area contributed by atoms with Gasteiger partial charge in [0.15, 0.2) is 0 Å². The number of aliphatic hydroxyl groups is 1. The standard InChI is InChI=1S/C14H24N4O4/c1-6-9(2)14(5,20)8-15-12(19)7-17-11(4)13(18(21)22)10(3)16-17/h9,20H,6-8H2,1-5H3,(H,15,19). The Morgan fingerprint density at radius 1 is 1.55 bits per heavy atom. The maximum absolute atomic E-state index is 12.0. The molecule has 1 aromatic rings. The summed E-state index contributed by atoms with van der Waals surface area (Å²) in [5.41, 5.74) is -0.446.